The van der Waals surface area contributed by atoms with Crippen molar-refractivity contribution in [1.82, 2.24) is 9.55 Å². The second-order valence-corrected chi connectivity index (χ2v) is 4.54. The maximum Gasteiger partial charge on any atom is 0.253 e. The van der Waals surface area contributed by atoms with Gasteiger partial charge in [-0.2, -0.15) is 0 Å². The maximum atomic E-state index is 11.7. The summed E-state index contributed by atoms with van der Waals surface area (Å²) in [5.41, 5.74) is 1.78. The van der Waals surface area contributed by atoms with Crippen molar-refractivity contribution in [2.45, 2.75) is 20.4 Å². The third-order valence-corrected chi connectivity index (χ3v) is 3.03. The molecule has 2 aromatic heterocycles. The zero-order valence-electron chi connectivity index (χ0n) is 8.73. The van der Waals surface area contributed by atoms with Crippen LogP contribution in [0.5, 0.6) is 0 Å². The van der Waals surface area contributed by atoms with Gasteiger partial charge in [0.1, 0.15) is 0 Å². The molecule has 0 aromatic carbocycles. The second-order valence-electron chi connectivity index (χ2n) is 3.48. The Morgan fingerprint density at radius 3 is 2.93 bits per heavy atom. The SMILES string of the molecule is Cc1nc(Cn2cccc(C)c2=O)cs1. The molecule has 0 atom stereocenters. The minimum absolute atomic E-state index is 0.0585. The summed E-state index contributed by atoms with van der Waals surface area (Å²) in [5, 5.41) is 3.02. The Balaban J connectivity index is 2.32. The molecule has 2 aromatic rings. The van der Waals surface area contributed by atoms with Crippen LogP contribution in [0.4, 0.5) is 0 Å². The first-order chi connectivity index (χ1) is 7.16. The summed E-state index contributed by atoms with van der Waals surface area (Å²) in [6, 6.07) is 3.71. The largest absolute Gasteiger partial charge is 0.309 e. The van der Waals surface area contributed by atoms with E-state index < -0.39 is 0 Å². The molecule has 0 saturated heterocycles. The molecule has 0 aliphatic rings. The Kier molecular flexibility index (Phi) is 2.68. The normalized spacial score (nSPS) is 10.5. The molecule has 0 amide bonds. The molecule has 0 bridgehead atoms. The Bertz CT molecular complexity index is 527. The number of aryl methyl sites for hydroxylation is 2. The minimum atomic E-state index is 0.0585. The molecule has 0 spiro atoms. The molecule has 0 saturated carbocycles. The highest BCUT2D eigenvalue weighted by molar-refractivity contribution is 7.09. The van der Waals surface area contributed by atoms with Crippen LogP contribution in [0.15, 0.2) is 28.5 Å². The molecule has 4 heteroatoms. The van der Waals surface area contributed by atoms with Gasteiger partial charge in [-0.15, -0.1) is 11.3 Å². The van der Waals surface area contributed by atoms with E-state index in [0.29, 0.717) is 6.54 Å². The molecule has 0 aliphatic carbocycles. The number of rotatable bonds is 2. The number of hydrogen-bond donors (Lipinski definition) is 0. The van der Waals surface area contributed by atoms with Crippen molar-refractivity contribution in [1.29, 1.82) is 0 Å². The van der Waals surface area contributed by atoms with E-state index in [1.165, 1.54) is 0 Å². The van der Waals surface area contributed by atoms with Crippen molar-refractivity contribution in [3.05, 3.63) is 50.3 Å². The molecule has 0 unspecified atom stereocenters. The predicted molar refractivity (Wildman–Crippen MR) is 61.4 cm³/mol. The summed E-state index contributed by atoms with van der Waals surface area (Å²) in [6.45, 7) is 4.35. The van der Waals surface area contributed by atoms with Crippen LogP contribution in [0.1, 0.15) is 16.3 Å². The fraction of sp³-hybridized carbons (Fsp3) is 0.273. The topological polar surface area (TPSA) is 34.9 Å². The highest BCUT2D eigenvalue weighted by Gasteiger charge is 2.02. The first kappa shape index (κ1) is 10.1. The lowest BCUT2D eigenvalue weighted by Crippen LogP contribution is -2.21. The zero-order chi connectivity index (χ0) is 10.8. The van der Waals surface area contributed by atoms with Crippen LogP contribution in [0.3, 0.4) is 0 Å². The lowest BCUT2D eigenvalue weighted by atomic mass is 10.3. The van der Waals surface area contributed by atoms with Gasteiger partial charge in [0.05, 0.1) is 17.2 Å². The molecule has 2 heterocycles. The number of pyridine rings is 1. The van der Waals surface area contributed by atoms with E-state index in [2.05, 4.69) is 4.98 Å². The monoisotopic (exact) mass is 220 g/mol. The van der Waals surface area contributed by atoms with Crippen molar-refractivity contribution in [2.24, 2.45) is 0 Å². The van der Waals surface area contributed by atoms with Gasteiger partial charge in [0.25, 0.3) is 5.56 Å². The average Bonchev–Trinajstić information content (AvgIpc) is 2.59. The highest BCUT2D eigenvalue weighted by atomic mass is 32.1. The Morgan fingerprint density at radius 1 is 1.47 bits per heavy atom. The second kappa shape index (κ2) is 3.98. The van der Waals surface area contributed by atoms with Gasteiger partial charge in [-0.1, -0.05) is 6.07 Å². The highest BCUT2D eigenvalue weighted by Crippen LogP contribution is 2.08. The van der Waals surface area contributed by atoms with Gasteiger partial charge in [-0.25, -0.2) is 4.98 Å². The molecule has 3 nitrogen and oxygen atoms in total. The molecule has 0 fully saturated rings. The Hall–Kier alpha value is -1.42. The van der Waals surface area contributed by atoms with E-state index in [-0.39, 0.29) is 5.56 Å². The number of thiazole rings is 1. The first-order valence-electron chi connectivity index (χ1n) is 4.74. The van der Waals surface area contributed by atoms with E-state index >= 15 is 0 Å². The fourth-order valence-corrected chi connectivity index (χ4v) is 2.04. The van der Waals surface area contributed by atoms with Crippen molar-refractivity contribution in [2.75, 3.05) is 0 Å². The summed E-state index contributed by atoms with van der Waals surface area (Å²) >= 11 is 1.61. The van der Waals surface area contributed by atoms with Crippen molar-refractivity contribution >= 4 is 11.3 Å². The van der Waals surface area contributed by atoms with Gasteiger partial charge < -0.3 is 4.57 Å². The number of hydrogen-bond acceptors (Lipinski definition) is 3. The Morgan fingerprint density at radius 2 is 2.27 bits per heavy atom. The minimum Gasteiger partial charge on any atom is -0.309 e. The van der Waals surface area contributed by atoms with Gasteiger partial charge in [0.2, 0.25) is 0 Å². The third-order valence-electron chi connectivity index (χ3n) is 2.21. The summed E-state index contributed by atoms with van der Waals surface area (Å²) in [7, 11) is 0. The third kappa shape index (κ3) is 2.15. The molecule has 15 heavy (non-hydrogen) atoms. The lowest BCUT2D eigenvalue weighted by Gasteiger charge is -2.03. The Labute approximate surface area is 92.0 Å². The standard InChI is InChI=1S/C11H12N2OS/c1-8-4-3-5-13(11(8)14)6-10-7-15-9(2)12-10/h3-5,7H,6H2,1-2H3. The quantitative estimate of drug-likeness (QED) is 0.775. The van der Waals surface area contributed by atoms with Crippen molar-refractivity contribution in [3.8, 4) is 0 Å². The lowest BCUT2D eigenvalue weighted by molar-refractivity contribution is 0.736. The molecular weight excluding hydrogens is 208 g/mol. The summed E-state index contributed by atoms with van der Waals surface area (Å²) in [5.74, 6) is 0. The van der Waals surface area contributed by atoms with Crippen LogP contribution in [-0.2, 0) is 6.54 Å². The molecule has 0 aliphatic heterocycles. The fourth-order valence-electron chi connectivity index (χ4n) is 1.44. The van der Waals surface area contributed by atoms with Crippen molar-refractivity contribution < 1.29 is 0 Å². The summed E-state index contributed by atoms with van der Waals surface area (Å²) < 4.78 is 1.68. The van der Waals surface area contributed by atoms with E-state index in [1.807, 2.05) is 31.4 Å². The van der Waals surface area contributed by atoms with Gasteiger partial charge in [0.15, 0.2) is 0 Å². The van der Waals surface area contributed by atoms with Gasteiger partial charge in [0, 0.05) is 17.1 Å². The van der Waals surface area contributed by atoms with Crippen molar-refractivity contribution in [3.63, 3.8) is 0 Å². The molecule has 2 rings (SSSR count). The summed E-state index contributed by atoms with van der Waals surface area (Å²) in [4.78, 5) is 16.1. The van der Waals surface area contributed by atoms with Crippen LogP contribution < -0.4 is 5.56 Å². The van der Waals surface area contributed by atoms with Gasteiger partial charge in [-0.3, -0.25) is 4.79 Å². The van der Waals surface area contributed by atoms with Crippen LogP contribution >= 0.6 is 11.3 Å². The average molecular weight is 220 g/mol. The maximum absolute atomic E-state index is 11.7. The van der Waals surface area contributed by atoms with Gasteiger partial charge in [-0.05, 0) is 19.9 Å². The predicted octanol–water partition coefficient (Wildman–Crippen LogP) is 1.97. The van der Waals surface area contributed by atoms with E-state index in [0.717, 1.165) is 16.3 Å². The zero-order valence-corrected chi connectivity index (χ0v) is 9.54. The molecule has 0 radical (unpaired) electrons. The number of aromatic nitrogens is 2. The first-order valence-corrected chi connectivity index (χ1v) is 5.62. The van der Waals surface area contributed by atoms with Crippen LogP contribution in [0.25, 0.3) is 0 Å². The van der Waals surface area contributed by atoms with Gasteiger partial charge >= 0.3 is 0 Å². The molecular formula is C11H12N2OS. The van der Waals surface area contributed by atoms with Crippen LogP contribution in [0, 0.1) is 13.8 Å². The summed E-state index contributed by atoms with van der Waals surface area (Å²) in [6.07, 6.45) is 1.80. The van der Waals surface area contributed by atoms with E-state index in [1.54, 1.807) is 22.1 Å². The van der Waals surface area contributed by atoms with E-state index in [9.17, 15) is 4.79 Å². The number of nitrogens with zero attached hydrogens (tertiary/aromatic N) is 2. The van der Waals surface area contributed by atoms with E-state index in [4.69, 9.17) is 0 Å². The molecule has 78 valence electrons. The smallest absolute Gasteiger partial charge is 0.253 e. The van der Waals surface area contributed by atoms with Crippen LogP contribution in [0.2, 0.25) is 0 Å². The molecule has 0 N–H and O–H groups in total. The van der Waals surface area contributed by atoms with Crippen LogP contribution in [-0.4, -0.2) is 9.55 Å².